The Bertz CT molecular complexity index is 257. The lowest BCUT2D eigenvalue weighted by Gasteiger charge is -2.31. The Kier molecular flexibility index (Phi) is 6.97. The highest BCUT2D eigenvalue weighted by Gasteiger charge is 2.21. The fourth-order valence-corrected chi connectivity index (χ4v) is 2.96. The summed E-state index contributed by atoms with van der Waals surface area (Å²) in [6.45, 7) is 2.42. The van der Waals surface area contributed by atoms with Crippen LogP contribution in [0.3, 0.4) is 0 Å². The fraction of sp³-hybridized carbons (Fsp3) is 0.923. The second-order valence-electron chi connectivity index (χ2n) is 5.54. The summed E-state index contributed by atoms with van der Waals surface area (Å²) in [4.78, 5) is 14.1. The quantitative estimate of drug-likeness (QED) is 0.816. The lowest BCUT2D eigenvalue weighted by atomic mass is 9.95. The minimum absolute atomic E-state index is 0. The molecule has 2 fully saturated rings. The smallest absolute Gasteiger partial charge is 0.234 e. The summed E-state index contributed by atoms with van der Waals surface area (Å²) in [6.07, 6.45) is 8.39. The number of carbonyl (C=O) groups excluding carboxylic acids is 1. The number of rotatable bonds is 3. The fourth-order valence-electron chi connectivity index (χ4n) is 2.96. The molecule has 0 spiro atoms. The highest BCUT2D eigenvalue weighted by Crippen LogP contribution is 2.17. The van der Waals surface area contributed by atoms with Crippen molar-refractivity contribution in [3.8, 4) is 0 Å². The molecule has 106 valence electrons. The van der Waals surface area contributed by atoms with E-state index in [9.17, 15) is 4.79 Å². The number of amides is 1. The van der Waals surface area contributed by atoms with E-state index in [-0.39, 0.29) is 24.4 Å². The molecule has 1 aliphatic carbocycles. The first-order valence-corrected chi connectivity index (χ1v) is 7.01. The average Bonchev–Trinajstić information content (AvgIpc) is 2.30. The Morgan fingerprint density at radius 1 is 1.17 bits per heavy atom. The molecule has 18 heavy (non-hydrogen) atoms. The van der Waals surface area contributed by atoms with Crippen LogP contribution in [0, 0.1) is 0 Å². The molecule has 0 bridgehead atoms. The molecule has 1 heterocycles. The molecule has 1 aliphatic heterocycles. The van der Waals surface area contributed by atoms with E-state index in [1.54, 1.807) is 0 Å². The van der Waals surface area contributed by atoms with Gasteiger partial charge in [-0.25, -0.2) is 0 Å². The van der Waals surface area contributed by atoms with Crippen LogP contribution in [0.25, 0.3) is 0 Å². The van der Waals surface area contributed by atoms with Crippen molar-refractivity contribution in [3.05, 3.63) is 0 Å². The second kappa shape index (κ2) is 7.97. The van der Waals surface area contributed by atoms with E-state index in [0.717, 1.165) is 38.8 Å². The third kappa shape index (κ3) is 5.12. The lowest BCUT2D eigenvalue weighted by molar-refractivity contribution is -0.123. The van der Waals surface area contributed by atoms with E-state index in [1.165, 1.54) is 19.3 Å². The van der Waals surface area contributed by atoms with Crippen LogP contribution in [-0.4, -0.2) is 42.5 Å². The Labute approximate surface area is 116 Å². The molecule has 0 aromatic rings. The van der Waals surface area contributed by atoms with Crippen molar-refractivity contribution in [2.24, 2.45) is 5.73 Å². The summed E-state index contributed by atoms with van der Waals surface area (Å²) >= 11 is 0. The predicted molar refractivity (Wildman–Crippen MR) is 75.9 cm³/mol. The number of nitrogens with two attached hydrogens (primary N) is 1. The first kappa shape index (κ1) is 15.7. The molecule has 0 radical (unpaired) electrons. The SMILES string of the molecule is Cl.NC1CCCN(CC(=O)NC2CCCCC2)C1. The van der Waals surface area contributed by atoms with Crippen LogP contribution in [0.2, 0.25) is 0 Å². The topological polar surface area (TPSA) is 58.4 Å². The maximum Gasteiger partial charge on any atom is 0.234 e. The molecular weight excluding hydrogens is 250 g/mol. The molecule has 1 saturated heterocycles. The molecule has 2 aliphatic rings. The van der Waals surface area contributed by atoms with E-state index in [2.05, 4.69) is 10.2 Å². The van der Waals surface area contributed by atoms with E-state index < -0.39 is 0 Å². The number of carbonyl (C=O) groups is 1. The Morgan fingerprint density at radius 2 is 1.89 bits per heavy atom. The summed E-state index contributed by atoms with van der Waals surface area (Å²) in [5.74, 6) is 0.186. The molecule has 1 unspecified atom stereocenters. The van der Waals surface area contributed by atoms with Crippen LogP contribution in [0.4, 0.5) is 0 Å². The second-order valence-corrected chi connectivity index (χ2v) is 5.54. The van der Waals surface area contributed by atoms with Gasteiger partial charge in [0, 0.05) is 18.6 Å². The summed E-state index contributed by atoms with van der Waals surface area (Å²) in [5.41, 5.74) is 5.91. The summed E-state index contributed by atoms with van der Waals surface area (Å²) in [5, 5.41) is 3.16. The van der Waals surface area contributed by atoms with Crippen molar-refractivity contribution in [2.75, 3.05) is 19.6 Å². The van der Waals surface area contributed by atoms with Gasteiger partial charge < -0.3 is 11.1 Å². The van der Waals surface area contributed by atoms with Crippen molar-refractivity contribution in [1.82, 2.24) is 10.2 Å². The molecule has 4 nitrogen and oxygen atoms in total. The van der Waals surface area contributed by atoms with Gasteiger partial charge in [0.15, 0.2) is 0 Å². The Morgan fingerprint density at radius 3 is 2.56 bits per heavy atom. The van der Waals surface area contributed by atoms with Gasteiger partial charge in [-0.05, 0) is 32.2 Å². The molecule has 5 heteroatoms. The highest BCUT2D eigenvalue weighted by molar-refractivity contribution is 5.85. The lowest BCUT2D eigenvalue weighted by Crippen LogP contribution is -2.48. The Hall–Kier alpha value is -0.320. The zero-order chi connectivity index (χ0) is 12.1. The standard InChI is InChI=1S/C13H25N3O.ClH/c14-11-5-4-8-16(9-11)10-13(17)15-12-6-2-1-3-7-12;/h11-12H,1-10,14H2,(H,15,17);1H. The van der Waals surface area contributed by atoms with Gasteiger partial charge in [0.05, 0.1) is 6.54 Å². The number of nitrogens with one attached hydrogen (secondary N) is 1. The summed E-state index contributed by atoms with van der Waals surface area (Å²) in [7, 11) is 0. The number of nitrogens with zero attached hydrogens (tertiary/aromatic N) is 1. The van der Waals surface area contributed by atoms with Crippen molar-refractivity contribution in [3.63, 3.8) is 0 Å². The largest absolute Gasteiger partial charge is 0.352 e. The molecular formula is C13H26ClN3O. The zero-order valence-electron chi connectivity index (χ0n) is 11.1. The van der Waals surface area contributed by atoms with Crippen LogP contribution >= 0.6 is 12.4 Å². The number of likely N-dealkylation sites (tertiary alicyclic amines) is 1. The predicted octanol–water partition coefficient (Wildman–Crippen LogP) is 1.28. The van der Waals surface area contributed by atoms with Gasteiger partial charge in [-0.3, -0.25) is 9.69 Å². The van der Waals surface area contributed by atoms with E-state index in [1.807, 2.05) is 0 Å². The third-order valence-electron chi connectivity index (χ3n) is 3.88. The number of hydrogen-bond acceptors (Lipinski definition) is 3. The monoisotopic (exact) mass is 275 g/mol. The van der Waals surface area contributed by atoms with Crippen LogP contribution in [-0.2, 0) is 4.79 Å². The number of piperidine rings is 1. The zero-order valence-corrected chi connectivity index (χ0v) is 11.9. The molecule has 0 aromatic heterocycles. The number of hydrogen-bond donors (Lipinski definition) is 2. The normalized spacial score (nSPS) is 26.4. The summed E-state index contributed by atoms with van der Waals surface area (Å²) in [6, 6.07) is 0.681. The first-order chi connectivity index (χ1) is 8.24. The molecule has 1 atom stereocenters. The van der Waals surface area contributed by atoms with Crippen LogP contribution in [0.1, 0.15) is 44.9 Å². The van der Waals surface area contributed by atoms with Crippen molar-refractivity contribution >= 4 is 18.3 Å². The number of halogens is 1. The molecule has 1 amide bonds. The minimum atomic E-state index is 0. The van der Waals surface area contributed by atoms with Gasteiger partial charge in [0.2, 0.25) is 5.91 Å². The van der Waals surface area contributed by atoms with Crippen molar-refractivity contribution < 1.29 is 4.79 Å². The molecule has 2 rings (SSSR count). The van der Waals surface area contributed by atoms with Gasteiger partial charge in [0.1, 0.15) is 0 Å². The van der Waals surface area contributed by atoms with Gasteiger partial charge in [-0.2, -0.15) is 0 Å². The van der Waals surface area contributed by atoms with E-state index in [0.29, 0.717) is 12.6 Å². The Balaban J connectivity index is 0.00000162. The van der Waals surface area contributed by atoms with Crippen molar-refractivity contribution in [1.29, 1.82) is 0 Å². The maximum absolute atomic E-state index is 11.9. The van der Waals surface area contributed by atoms with Crippen LogP contribution in [0.5, 0.6) is 0 Å². The third-order valence-corrected chi connectivity index (χ3v) is 3.88. The van der Waals surface area contributed by atoms with Crippen LogP contribution < -0.4 is 11.1 Å². The molecule has 0 aromatic carbocycles. The van der Waals surface area contributed by atoms with Gasteiger partial charge in [-0.1, -0.05) is 19.3 Å². The van der Waals surface area contributed by atoms with E-state index in [4.69, 9.17) is 5.73 Å². The van der Waals surface area contributed by atoms with Crippen LogP contribution in [0.15, 0.2) is 0 Å². The van der Waals surface area contributed by atoms with Crippen molar-refractivity contribution in [2.45, 2.75) is 57.0 Å². The van der Waals surface area contributed by atoms with E-state index >= 15 is 0 Å². The molecule has 1 saturated carbocycles. The average molecular weight is 276 g/mol. The molecule has 3 N–H and O–H groups in total. The van der Waals surface area contributed by atoms with Gasteiger partial charge in [0.25, 0.3) is 0 Å². The highest BCUT2D eigenvalue weighted by atomic mass is 35.5. The first-order valence-electron chi connectivity index (χ1n) is 7.01. The summed E-state index contributed by atoms with van der Waals surface area (Å²) < 4.78 is 0. The minimum Gasteiger partial charge on any atom is -0.352 e. The van der Waals surface area contributed by atoms with Gasteiger partial charge in [-0.15, -0.1) is 12.4 Å². The maximum atomic E-state index is 11.9. The van der Waals surface area contributed by atoms with Gasteiger partial charge >= 0.3 is 0 Å².